The Labute approximate surface area is 110 Å². The monoisotopic (exact) mass is 251 g/mol. The summed E-state index contributed by atoms with van der Waals surface area (Å²) in [4.78, 5) is 1.49. The molecular formula is C15H25NS. The van der Waals surface area contributed by atoms with E-state index in [1.54, 1.807) is 0 Å². The Morgan fingerprint density at radius 2 is 1.94 bits per heavy atom. The Bertz CT molecular complexity index is 312. The minimum Gasteiger partial charge on any atom is -0.306 e. The van der Waals surface area contributed by atoms with Gasteiger partial charge >= 0.3 is 0 Å². The van der Waals surface area contributed by atoms with Gasteiger partial charge in [0.2, 0.25) is 0 Å². The molecule has 0 spiro atoms. The molecule has 1 aromatic rings. The van der Waals surface area contributed by atoms with Crippen LogP contribution in [0.25, 0.3) is 0 Å². The first kappa shape index (κ1) is 13.1. The molecule has 0 aliphatic heterocycles. The van der Waals surface area contributed by atoms with Crippen LogP contribution in [0, 0.1) is 11.8 Å². The van der Waals surface area contributed by atoms with Gasteiger partial charge in [0, 0.05) is 17.0 Å². The van der Waals surface area contributed by atoms with Crippen molar-refractivity contribution >= 4 is 11.3 Å². The van der Waals surface area contributed by atoms with Gasteiger partial charge in [-0.25, -0.2) is 0 Å². The van der Waals surface area contributed by atoms with Crippen molar-refractivity contribution in [3.63, 3.8) is 0 Å². The normalized spacial score (nSPS) is 20.9. The lowest BCUT2D eigenvalue weighted by atomic mass is 9.95. The van der Waals surface area contributed by atoms with E-state index in [9.17, 15) is 0 Å². The van der Waals surface area contributed by atoms with Crippen LogP contribution in [0.3, 0.4) is 0 Å². The van der Waals surface area contributed by atoms with Crippen molar-refractivity contribution in [1.29, 1.82) is 0 Å². The van der Waals surface area contributed by atoms with Crippen LogP contribution < -0.4 is 5.32 Å². The van der Waals surface area contributed by atoms with Crippen molar-refractivity contribution in [1.82, 2.24) is 5.32 Å². The van der Waals surface area contributed by atoms with E-state index in [0.29, 0.717) is 18.0 Å². The van der Waals surface area contributed by atoms with E-state index < -0.39 is 0 Å². The third-order valence-corrected chi connectivity index (χ3v) is 5.02. The van der Waals surface area contributed by atoms with Gasteiger partial charge in [0.25, 0.3) is 0 Å². The smallest absolute Gasteiger partial charge is 0.0440 e. The molecule has 2 atom stereocenters. The van der Waals surface area contributed by atoms with Crippen LogP contribution in [0.4, 0.5) is 0 Å². The van der Waals surface area contributed by atoms with Crippen molar-refractivity contribution in [2.75, 3.05) is 0 Å². The van der Waals surface area contributed by atoms with Crippen molar-refractivity contribution < 1.29 is 0 Å². The maximum Gasteiger partial charge on any atom is 0.0440 e. The van der Waals surface area contributed by atoms with Crippen molar-refractivity contribution in [3.05, 3.63) is 22.4 Å². The van der Waals surface area contributed by atoms with Gasteiger partial charge in [0.15, 0.2) is 0 Å². The Morgan fingerprint density at radius 3 is 2.47 bits per heavy atom. The van der Waals surface area contributed by atoms with Gasteiger partial charge < -0.3 is 5.32 Å². The van der Waals surface area contributed by atoms with Gasteiger partial charge in [0.1, 0.15) is 0 Å². The number of nitrogens with one attached hydrogen (secondary N) is 1. The average molecular weight is 251 g/mol. The molecule has 0 aromatic carbocycles. The summed E-state index contributed by atoms with van der Waals surface area (Å²) in [5, 5.41) is 6.06. The summed E-state index contributed by atoms with van der Waals surface area (Å²) in [6.45, 7) is 7.01. The molecule has 1 N–H and O–H groups in total. The van der Waals surface area contributed by atoms with Crippen LogP contribution in [0.1, 0.15) is 57.4 Å². The number of hydrogen-bond acceptors (Lipinski definition) is 2. The lowest BCUT2D eigenvalue weighted by molar-refractivity contribution is 0.306. The highest BCUT2D eigenvalue weighted by Crippen LogP contribution is 2.31. The molecule has 0 saturated heterocycles. The highest BCUT2D eigenvalue weighted by molar-refractivity contribution is 7.10. The van der Waals surface area contributed by atoms with E-state index in [1.165, 1.54) is 30.6 Å². The quantitative estimate of drug-likeness (QED) is 0.805. The van der Waals surface area contributed by atoms with Crippen LogP contribution in [0.15, 0.2) is 17.5 Å². The van der Waals surface area contributed by atoms with Gasteiger partial charge in [-0.2, -0.15) is 0 Å². The maximum atomic E-state index is 3.87. The zero-order valence-electron chi connectivity index (χ0n) is 11.3. The molecule has 0 radical (unpaired) electrons. The third-order valence-electron chi connectivity index (χ3n) is 4.07. The standard InChI is InChI=1S/C15H25NS/c1-11(2)15(14-9-6-10-17-14)16-12(3)13-7-4-5-8-13/h6,9-13,15-16H,4-5,7-8H2,1-3H3/t12-,15?/m1/s1. The molecule has 2 rings (SSSR count). The van der Waals surface area contributed by atoms with Crippen LogP contribution in [0.5, 0.6) is 0 Å². The fourth-order valence-electron chi connectivity index (χ4n) is 2.95. The number of hydrogen-bond donors (Lipinski definition) is 1. The molecule has 17 heavy (non-hydrogen) atoms. The van der Waals surface area contributed by atoms with Gasteiger partial charge in [-0.05, 0) is 43.0 Å². The van der Waals surface area contributed by atoms with Crippen molar-refractivity contribution in [2.24, 2.45) is 11.8 Å². The summed E-state index contributed by atoms with van der Waals surface area (Å²) in [7, 11) is 0. The Kier molecular flexibility index (Phi) is 4.63. The second-order valence-electron chi connectivity index (χ2n) is 5.74. The molecule has 0 amide bonds. The van der Waals surface area contributed by atoms with Crippen molar-refractivity contribution in [2.45, 2.75) is 58.5 Å². The molecule has 2 heteroatoms. The zero-order chi connectivity index (χ0) is 12.3. The van der Waals surface area contributed by atoms with Gasteiger partial charge in [0.05, 0.1) is 0 Å². The zero-order valence-corrected chi connectivity index (χ0v) is 12.1. The molecule has 96 valence electrons. The van der Waals surface area contributed by atoms with E-state index in [1.807, 2.05) is 11.3 Å². The summed E-state index contributed by atoms with van der Waals surface area (Å²) in [6.07, 6.45) is 5.71. The van der Waals surface area contributed by atoms with Crippen molar-refractivity contribution in [3.8, 4) is 0 Å². The molecular weight excluding hydrogens is 226 g/mol. The van der Waals surface area contributed by atoms with Gasteiger partial charge in [-0.1, -0.05) is 32.8 Å². The fourth-order valence-corrected chi connectivity index (χ4v) is 3.91. The third kappa shape index (κ3) is 3.32. The minimum atomic E-state index is 0.533. The van der Waals surface area contributed by atoms with Crippen LogP contribution in [-0.4, -0.2) is 6.04 Å². The van der Waals surface area contributed by atoms with E-state index in [4.69, 9.17) is 0 Å². The topological polar surface area (TPSA) is 12.0 Å². The molecule has 1 nitrogen and oxygen atoms in total. The van der Waals surface area contributed by atoms with Crippen LogP contribution in [-0.2, 0) is 0 Å². The fraction of sp³-hybridized carbons (Fsp3) is 0.733. The second kappa shape index (κ2) is 6.01. The summed E-state index contributed by atoms with van der Waals surface area (Å²) < 4.78 is 0. The van der Waals surface area contributed by atoms with Gasteiger partial charge in [-0.3, -0.25) is 0 Å². The Hall–Kier alpha value is -0.340. The van der Waals surface area contributed by atoms with E-state index in [0.717, 1.165) is 5.92 Å². The highest BCUT2D eigenvalue weighted by Gasteiger charge is 2.25. The molecule has 1 aromatic heterocycles. The predicted molar refractivity (Wildman–Crippen MR) is 76.5 cm³/mol. The second-order valence-corrected chi connectivity index (χ2v) is 6.72. The minimum absolute atomic E-state index is 0.533. The molecule has 1 saturated carbocycles. The molecule has 1 heterocycles. The largest absolute Gasteiger partial charge is 0.306 e. The van der Waals surface area contributed by atoms with E-state index in [2.05, 4.69) is 43.6 Å². The molecule has 1 aliphatic rings. The lowest BCUT2D eigenvalue weighted by Gasteiger charge is -2.29. The van der Waals surface area contributed by atoms with Crippen LogP contribution >= 0.6 is 11.3 Å². The summed E-state index contributed by atoms with van der Waals surface area (Å²) in [5.41, 5.74) is 0. The number of thiophene rings is 1. The van der Waals surface area contributed by atoms with E-state index >= 15 is 0 Å². The lowest BCUT2D eigenvalue weighted by Crippen LogP contribution is -2.37. The summed E-state index contributed by atoms with van der Waals surface area (Å²) >= 11 is 1.88. The first-order chi connectivity index (χ1) is 8.18. The predicted octanol–water partition coefficient (Wildman–Crippen LogP) is 4.61. The molecule has 0 bridgehead atoms. The van der Waals surface area contributed by atoms with Crippen LogP contribution in [0.2, 0.25) is 0 Å². The molecule has 1 fully saturated rings. The average Bonchev–Trinajstić information content (AvgIpc) is 2.97. The summed E-state index contributed by atoms with van der Waals surface area (Å²) in [6, 6.07) is 5.62. The summed E-state index contributed by atoms with van der Waals surface area (Å²) in [5.74, 6) is 1.56. The van der Waals surface area contributed by atoms with Gasteiger partial charge in [-0.15, -0.1) is 11.3 Å². The first-order valence-corrected chi connectivity index (χ1v) is 7.86. The van der Waals surface area contributed by atoms with E-state index in [-0.39, 0.29) is 0 Å². The highest BCUT2D eigenvalue weighted by atomic mass is 32.1. The molecule has 1 aliphatic carbocycles. The molecule has 1 unspecified atom stereocenters. The SMILES string of the molecule is CC(C)C(N[C@H](C)C1CCCC1)c1cccs1. The Morgan fingerprint density at radius 1 is 1.24 bits per heavy atom. The first-order valence-electron chi connectivity index (χ1n) is 6.98. The number of rotatable bonds is 5. The maximum absolute atomic E-state index is 3.87. The Balaban J connectivity index is 1.98.